The lowest BCUT2D eigenvalue weighted by molar-refractivity contribution is -0.128. The smallest absolute Gasteiger partial charge is 0.222 e. The van der Waals surface area contributed by atoms with Gasteiger partial charge >= 0.3 is 0 Å². The van der Waals surface area contributed by atoms with Gasteiger partial charge in [0.15, 0.2) is 0 Å². The maximum Gasteiger partial charge on any atom is 0.222 e. The second-order valence-electron chi connectivity index (χ2n) is 4.87. The average molecular weight is 260 g/mol. The van der Waals surface area contributed by atoms with Gasteiger partial charge in [0.2, 0.25) is 11.8 Å². The molecule has 19 heavy (non-hydrogen) atoms. The third kappa shape index (κ3) is 3.81. The first-order valence-corrected chi connectivity index (χ1v) is 6.81. The molecule has 1 heterocycles. The van der Waals surface area contributed by atoms with Gasteiger partial charge in [-0.15, -0.1) is 0 Å². The van der Waals surface area contributed by atoms with Gasteiger partial charge in [0.1, 0.15) is 0 Å². The Kier molecular flexibility index (Phi) is 4.55. The molecule has 0 spiro atoms. The monoisotopic (exact) mass is 260 g/mol. The van der Waals surface area contributed by atoms with Gasteiger partial charge < -0.3 is 10.2 Å². The molecular weight excluding hydrogens is 240 g/mol. The molecule has 1 N–H and O–H groups in total. The topological polar surface area (TPSA) is 49.4 Å². The van der Waals surface area contributed by atoms with Gasteiger partial charge in [0, 0.05) is 32.5 Å². The Labute approximate surface area is 113 Å². The van der Waals surface area contributed by atoms with E-state index < -0.39 is 0 Å². The van der Waals surface area contributed by atoms with Crippen LogP contribution in [0, 0.1) is 0 Å². The predicted octanol–water partition coefficient (Wildman–Crippen LogP) is 1.84. The van der Waals surface area contributed by atoms with Gasteiger partial charge in [-0.1, -0.05) is 31.2 Å². The van der Waals surface area contributed by atoms with Gasteiger partial charge in [0.05, 0.1) is 0 Å². The third-order valence-corrected chi connectivity index (χ3v) is 3.38. The minimum Gasteiger partial charge on any atom is -0.352 e. The molecular formula is C15H20N2O2. The number of hydrogen-bond donors (Lipinski definition) is 1. The summed E-state index contributed by atoms with van der Waals surface area (Å²) in [7, 11) is 0. The minimum absolute atomic E-state index is 0.0618. The van der Waals surface area contributed by atoms with Gasteiger partial charge in [-0.25, -0.2) is 0 Å². The van der Waals surface area contributed by atoms with Crippen LogP contribution in [0.4, 0.5) is 0 Å². The molecule has 0 unspecified atom stereocenters. The molecule has 1 aromatic carbocycles. The van der Waals surface area contributed by atoms with Crippen molar-refractivity contribution >= 4 is 11.8 Å². The van der Waals surface area contributed by atoms with Crippen LogP contribution in [0.1, 0.15) is 37.3 Å². The Hall–Kier alpha value is -1.84. The van der Waals surface area contributed by atoms with Crippen LogP contribution in [0.3, 0.4) is 0 Å². The lowest BCUT2D eigenvalue weighted by Crippen LogP contribution is -2.24. The van der Waals surface area contributed by atoms with Gasteiger partial charge in [-0.2, -0.15) is 0 Å². The Balaban J connectivity index is 1.87. The van der Waals surface area contributed by atoms with Gasteiger partial charge in [-0.3, -0.25) is 9.59 Å². The van der Waals surface area contributed by atoms with E-state index in [1.54, 1.807) is 0 Å². The first-order chi connectivity index (χ1) is 9.19. The molecule has 0 atom stereocenters. The molecule has 102 valence electrons. The highest BCUT2D eigenvalue weighted by atomic mass is 16.2. The number of benzene rings is 1. The fourth-order valence-corrected chi connectivity index (χ4v) is 2.18. The quantitative estimate of drug-likeness (QED) is 0.878. The van der Waals surface area contributed by atoms with Crippen LogP contribution < -0.4 is 5.32 Å². The van der Waals surface area contributed by atoms with E-state index in [1.165, 1.54) is 0 Å². The average Bonchev–Trinajstić information content (AvgIpc) is 2.83. The molecule has 1 aromatic rings. The summed E-state index contributed by atoms with van der Waals surface area (Å²) < 4.78 is 0. The number of hydrogen-bond acceptors (Lipinski definition) is 2. The summed E-state index contributed by atoms with van der Waals surface area (Å²) >= 11 is 0. The van der Waals surface area contributed by atoms with Crippen LogP contribution in [0.2, 0.25) is 0 Å². The lowest BCUT2D eigenvalue weighted by Gasteiger charge is -2.15. The molecule has 0 radical (unpaired) electrons. The van der Waals surface area contributed by atoms with Crippen molar-refractivity contribution in [3.63, 3.8) is 0 Å². The molecule has 4 nitrogen and oxygen atoms in total. The van der Waals surface area contributed by atoms with Crippen LogP contribution in [-0.4, -0.2) is 23.3 Å². The predicted molar refractivity (Wildman–Crippen MR) is 73.2 cm³/mol. The number of nitrogens with one attached hydrogen (secondary N) is 1. The Bertz CT molecular complexity index is 454. The lowest BCUT2D eigenvalue weighted by atomic mass is 10.1. The maximum atomic E-state index is 11.5. The van der Waals surface area contributed by atoms with E-state index >= 15 is 0 Å². The number of nitrogens with zero attached hydrogens (tertiary/aromatic N) is 1. The van der Waals surface area contributed by atoms with E-state index in [4.69, 9.17) is 0 Å². The summed E-state index contributed by atoms with van der Waals surface area (Å²) in [4.78, 5) is 24.6. The highest BCUT2D eigenvalue weighted by Crippen LogP contribution is 2.14. The SMILES string of the molecule is CCC(=O)NCc1ccc(CN2CCCC2=O)cc1. The molecule has 1 aliphatic rings. The first kappa shape index (κ1) is 13.6. The summed E-state index contributed by atoms with van der Waals surface area (Å²) in [5, 5.41) is 2.84. The normalized spacial score (nSPS) is 14.8. The number of carbonyl (C=O) groups excluding carboxylic acids is 2. The molecule has 0 aromatic heterocycles. The summed E-state index contributed by atoms with van der Waals surface area (Å²) in [6.07, 6.45) is 2.16. The zero-order chi connectivity index (χ0) is 13.7. The molecule has 4 heteroatoms. The Morgan fingerprint density at radius 3 is 2.53 bits per heavy atom. The van der Waals surface area contributed by atoms with Crippen molar-refractivity contribution in [2.24, 2.45) is 0 Å². The maximum absolute atomic E-state index is 11.5. The fourth-order valence-electron chi connectivity index (χ4n) is 2.18. The molecule has 0 bridgehead atoms. The standard InChI is InChI=1S/C15H20N2O2/c1-2-14(18)16-10-12-5-7-13(8-6-12)11-17-9-3-4-15(17)19/h5-8H,2-4,9-11H2,1H3,(H,16,18). The van der Waals surface area contributed by atoms with Gasteiger partial charge in [0.25, 0.3) is 0 Å². The van der Waals surface area contributed by atoms with E-state index in [9.17, 15) is 9.59 Å². The third-order valence-electron chi connectivity index (χ3n) is 3.38. The zero-order valence-corrected chi connectivity index (χ0v) is 11.3. The molecule has 2 amide bonds. The fraction of sp³-hybridized carbons (Fsp3) is 0.467. The van der Waals surface area contributed by atoms with Crippen molar-refractivity contribution in [1.82, 2.24) is 10.2 Å². The molecule has 0 aliphatic carbocycles. The second kappa shape index (κ2) is 6.36. The van der Waals surface area contributed by atoms with Crippen molar-refractivity contribution < 1.29 is 9.59 Å². The number of rotatable bonds is 5. The zero-order valence-electron chi connectivity index (χ0n) is 11.3. The molecule has 2 rings (SSSR count). The van der Waals surface area contributed by atoms with Crippen LogP contribution in [0.25, 0.3) is 0 Å². The van der Waals surface area contributed by atoms with E-state index in [2.05, 4.69) is 5.32 Å². The van der Waals surface area contributed by atoms with E-state index in [1.807, 2.05) is 36.1 Å². The number of carbonyl (C=O) groups is 2. The van der Waals surface area contributed by atoms with E-state index in [0.717, 1.165) is 24.1 Å². The van der Waals surface area contributed by atoms with Crippen molar-refractivity contribution in [2.75, 3.05) is 6.54 Å². The highest BCUT2D eigenvalue weighted by Gasteiger charge is 2.19. The number of amides is 2. The Morgan fingerprint density at radius 1 is 1.26 bits per heavy atom. The summed E-state index contributed by atoms with van der Waals surface area (Å²) in [6.45, 7) is 3.97. The molecule has 1 fully saturated rings. The van der Waals surface area contributed by atoms with Gasteiger partial charge in [-0.05, 0) is 17.5 Å². The minimum atomic E-state index is 0.0618. The van der Waals surface area contributed by atoms with Crippen LogP contribution >= 0.6 is 0 Å². The van der Waals surface area contributed by atoms with Crippen LogP contribution in [0.15, 0.2) is 24.3 Å². The van der Waals surface area contributed by atoms with E-state index in [-0.39, 0.29) is 11.8 Å². The largest absolute Gasteiger partial charge is 0.352 e. The summed E-state index contributed by atoms with van der Waals surface area (Å²) in [6, 6.07) is 8.07. The van der Waals surface area contributed by atoms with Crippen LogP contribution in [0.5, 0.6) is 0 Å². The molecule has 1 saturated heterocycles. The highest BCUT2D eigenvalue weighted by molar-refractivity contribution is 5.78. The van der Waals surface area contributed by atoms with Crippen molar-refractivity contribution in [3.05, 3.63) is 35.4 Å². The van der Waals surface area contributed by atoms with Crippen molar-refractivity contribution in [3.8, 4) is 0 Å². The molecule has 0 saturated carbocycles. The van der Waals surface area contributed by atoms with E-state index in [0.29, 0.717) is 25.9 Å². The second-order valence-corrected chi connectivity index (χ2v) is 4.87. The first-order valence-electron chi connectivity index (χ1n) is 6.81. The molecule has 1 aliphatic heterocycles. The summed E-state index contributed by atoms with van der Waals surface area (Å²) in [5.74, 6) is 0.311. The van der Waals surface area contributed by atoms with Crippen molar-refractivity contribution in [2.45, 2.75) is 39.3 Å². The van der Waals surface area contributed by atoms with Crippen LogP contribution in [-0.2, 0) is 22.7 Å². The Morgan fingerprint density at radius 2 is 1.95 bits per heavy atom. The number of likely N-dealkylation sites (tertiary alicyclic amines) is 1. The summed E-state index contributed by atoms with van der Waals surface area (Å²) in [5.41, 5.74) is 2.22. The van der Waals surface area contributed by atoms with Crippen molar-refractivity contribution in [1.29, 1.82) is 0 Å².